The molecule has 2 saturated heterocycles. The van der Waals surface area contributed by atoms with Crippen molar-refractivity contribution in [2.45, 2.75) is 64.6 Å². The van der Waals surface area contributed by atoms with Crippen molar-refractivity contribution >= 4 is 57.7 Å². The minimum absolute atomic E-state index is 0. The van der Waals surface area contributed by atoms with Gasteiger partial charge in [0, 0.05) is 81.1 Å². The van der Waals surface area contributed by atoms with E-state index < -0.39 is 12.7 Å². The quantitative estimate of drug-likeness (QED) is 0.127. The topological polar surface area (TPSA) is 179 Å². The summed E-state index contributed by atoms with van der Waals surface area (Å²) >= 11 is 3.41. The Hall–Kier alpha value is -6.98. The van der Waals surface area contributed by atoms with Crippen LogP contribution in [0, 0.1) is 17.9 Å². The van der Waals surface area contributed by atoms with E-state index in [0.717, 1.165) is 79.4 Å². The number of hydrogen-bond donors (Lipinski definition) is 2. The van der Waals surface area contributed by atoms with Crippen LogP contribution in [0.25, 0.3) is 16.0 Å². The lowest BCUT2D eigenvalue weighted by molar-refractivity contribution is 0.0222. The molecule has 2 fully saturated rings. The molecule has 6 aromatic rings. The normalized spacial score (nSPS) is 16.0. The molecule has 0 aliphatic carbocycles. The summed E-state index contributed by atoms with van der Waals surface area (Å²) in [6, 6.07) is 30.8. The first-order valence-corrected chi connectivity index (χ1v) is 21.6. The molecule has 0 saturated carbocycles. The maximum absolute atomic E-state index is 13.0. The van der Waals surface area contributed by atoms with Gasteiger partial charge in [0.05, 0.1) is 42.2 Å². The highest BCUT2D eigenvalue weighted by Crippen LogP contribution is 2.42. The molecule has 4 aliphatic rings. The molecular formula is C50H50BBrN8O6. The number of ketones is 2. The maximum Gasteiger partial charge on any atom is 0.487 e. The molecule has 14 nitrogen and oxygen atoms in total. The molecule has 4 aliphatic heterocycles. The van der Waals surface area contributed by atoms with Gasteiger partial charge in [0.1, 0.15) is 22.7 Å². The van der Waals surface area contributed by atoms with Gasteiger partial charge in [0.25, 0.3) is 0 Å². The van der Waals surface area contributed by atoms with Crippen molar-refractivity contribution in [1.29, 1.82) is 5.26 Å². The zero-order valence-electron chi connectivity index (χ0n) is 34.7. The number of rotatable bonds is 4. The predicted octanol–water partition coefficient (Wildman–Crippen LogP) is 8.45. The van der Waals surface area contributed by atoms with Crippen molar-refractivity contribution in [2.75, 3.05) is 36.0 Å². The van der Waals surface area contributed by atoms with Crippen LogP contribution in [0.15, 0.2) is 126 Å². The van der Waals surface area contributed by atoms with E-state index in [4.69, 9.17) is 31.4 Å². The van der Waals surface area contributed by atoms with Crippen LogP contribution in [0.4, 0.5) is 17.6 Å². The second-order valence-corrected chi connectivity index (χ2v) is 16.9. The van der Waals surface area contributed by atoms with Crippen LogP contribution in [-0.2, 0) is 0 Å². The average molecular weight is 950 g/mol. The highest BCUT2D eigenvalue weighted by molar-refractivity contribution is 9.10. The SMILES string of the molecule is C.C.N#Cc1cccc(-c2ccc3c(c2)C(=O)CC2(CCN(c4ncccn4)CC2)O3)c1.O=C1CC2(CCN(c3ncccn3)CC2)Oc2ccc(Br)cc21.[C-]#[N+]c1cccc(B(O)O)c1. The lowest BCUT2D eigenvalue weighted by Crippen LogP contribution is -2.51. The van der Waals surface area contributed by atoms with E-state index in [1.165, 1.54) is 6.07 Å². The molecule has 0 bridgehead atoms. The largest absolute Gasteiger partial charge is 0.487 e. The number of carbonyl (C=O) groups is 2. The summed E-state index contributed by atoms with van der Waals surface area (Å²) in [5.41, 5.74) is 3.64. The molecule has 6 heterocycles. The van der Waals surface area contributed by atoms with Gasteiger partial charge >= 0.3 is 7.12 Å². The smallest absolute Gasteiger partial charge is 0.486 e. The molecule has 0 unspecified atom stereocenters. The number of halogens is 1. The van der Waals surface area contributed by atoms with Crippen molar-refractivity contribution in [3.8, 4) is 28.7 Å². The Kier molecular flexibility index (Phi) is 15.7. The second kappa shape index (κ2) is 21.3. The number of piperidine rings is 2. The van der Waals surface area contributed by atoms with Crippen molar-refractivity contribution in [3.63, 3.8) is 0 Å². The van der Waals surface area contributed by atoms with E-state index in [1.54, 1.807) is 55.1 Å². The number of aromatic nitrogens is 4. The molecule has 10 rings (SSSR count). The molecular weight excluding hydrogens is 899 g/mol. The third-order valence-corrected chi connectivity index (χ3v) is 12.3. The van der Waals surface area contributed by atoms with Gasteiger partial charge in [-0.3, -0.25) is 9.59 Å². The molecule has 0 radical (unpaired) electrons. The van der Waals surface area contributed by atoms with E-state index in [1.807, 2.05) is 60.7 Å². The summed E-state index contributed by atoms with van der Waals surface area (Å²) in [6.45, 7) is 9.74. The molecule has 336 valence electrons. The zero-order chi connectivity index (χ0) is 44.7. The number of Topliss-reactive ketones (excluding diaryl/α,β-unsaturated/α-hetero) is 2. The van der Waals surface area contributed by atoms with Crippen molar-refractivity contribution in [1.82, 2.24) is 19.9 Å². The molecule has 4 aromatic carbocycles. The van der Waals surface area contributed by atoms with Gasteiger partial charge < -0.3 is 29.3 Å². The summed E-state index contributed by atoms with van der Waals surface area (Å²) < 4.78 is 13.6. The van der Waals surface area contributed by atoms with Crippen LogP contribution < -0.4 is 24.7 Å². The van der Waals surface area contributed by atoms with Crippen LogP contribution in [0.1, 0.15) is 79.7 Å². The minimum Gasteiger partial charge on any atom is -0.486 e. The van der Waals surface area contributed by atoms with Gasteiger partial charge in [-0.25, -0.2) is 24.8 Å². The Morgan fingerprint density at radius 3 is 1.68 bits per heavy atom. The number of carbonyl (C=O) groups excluding carboxylic acids is 2. The fraction of sp³-hybridized carbons (Fsp3) is 0.280. The van der Waals surface area contributed by atoms with Gasteiger partial charge in [-0.2, -0.15) is 5.26 Å². The van der Waals surface area contributed by atoms with Gasteiger partial charge in [0.15, 0.2) is 17.3 Å². The van der Waals surface area contributed by atoms with Crippen LogP contribution >= 0.6 is 15.9 Å². The third-order valence-electron chi connectivity index (χ3n) is 11.8. The Morgan fingerprint density at radius 2 is 1.17 bits per heavy atom. The van der Waals surface area contributed by atoms with E-state index in [2.05, 4.69) is 56.6 Å². The monoisotopic (exact) mass is 948 g/mol. The minimum atomic E-state index is -1.49. The standard InChI is InChI=1S/C24H20N4O2.C17H16BrN3O2.C7H6BNO2.2CH4/c25-16-17-3-1-4-18(13-17)19-5-6-22-20(14-19)21(29)15-24(30-22)7-11-28(12-8-24)23-26-9-2-10-27-23;18-12-2-3-15-13(10-12)14(22)11-17(23-15)4-8-21(9-5-17)16-19-6-1-7-20-16;1-9-7-4-2-3-6(5-7)8(10)11;;/h1-6,9-10,13-14H,7-8,11-12,15H2;1-3,6-7,10H,4-5,8-9,11H2;2-5,10-11H;2*1H4. The maximum atomic E-state index is 13.0. The van der Waals surface area contributed by atoms with Gasteiger partial charge in [-0.1, -0.05) is 73.2 Å². The van der Waals surface area contributed by atoms with Crippen molar-refractivity contribution in [2.24, 2.45) is 0 Å². The number of fused-ring (bicyclic) bond motifs is 2. The first-order valence-electron chi connectivity index (χ1n) is 20.8. The third kappa shape index (κ3) is 11.1. The molecule has 16 heteroatoms. The summed E-state index contributed by atoms with van der Waals surface area (Å²) in [7, 11) is -1.49. The zero-order valence-corrected chi connectivity index (χ0v) is 36.3. The first kappa shape index (κ1) is 48.5. The molecule has 2 spiro atoms. The van der Waals surface area contributed by atoms with E-state index in [9.17, 15) is 9.59 Å². The Labute approximate surface area is 394 Å². The fourth-order valence-corrected chi connectivity index (χ4v) is 8.72. The lowest BCUT2D eigenvalue weighted by Gasteiger charge is -2.44. The molecule has 66 heavy (non-hydrogen) atoms. The summed E-state index contributed by atoms with van der Waals surface area (Å²) in [5.74, 6) is 3.09. The summed E-state index contributed by atoms with van der Waals surface area (Å²) in [6.07, 6.45) is 10.9. The van der Waals surface area contributed by atoms with Crippen molar-refractivity contribution in [3.05, 3.63) is 154 Å². The highest BCUT2D eigenvalue weighted by atomic mass is 79.9. The lowest BCUT2D eigenvalue weighted by atomic mass is 9.80. The van der Waals surface area contributed by atoms with E-state index in [0.29, 0.717) is 52.2 Å². The van der Waals surface area contributed by atoms with E-state index in [-0.39, 0.29) is 32.0 Å². The average Bonchev–Trinajstić information content (AvgIpc) is 3.33. The van der Waals surface area contributed by atoms with Crippen LogP contribution in [-0.4, -0.2) is 86.0 Å². The fourth-order valence-electron chi connectivity index (χ4n) is 8.36. The number of benzene rings is 4. The first-order chi connectivity index (χ1) is 31.0. The van der Waals surface area contributed by atoms with Crippen LogP contribution in [0.5, 0.6) is 11.5 Å². The molecule has 0 atom stereocenters. The molecule has 2 aromatic heterocycles. The van der Waals surface area contributed by atoms with Crippen LogP contribution in [0.2, 0.25) is 0 Å². The number of hydrogen-bond acceptors (Lipinski definition) is 13. The number of ether oxygens (including phenoxy) is 2. The van der Waals surface area contributed by atoms with E-state index >= 15 is 0 Å². The number of nitrogens with zero attached hydrogens (tertiary/aromatic N) is 8. The number of nitriles is 1. The Balaban J connectivity index is 0.000000177. The van der Waals surface area contributed by atoms with Crippen LogP contribution in [0.3, 0.4) is 0 Å². The van der Waals surface area contributed by atoms with Gasteiger partial charge in [0.2, 0.25) is 11.9 Å². The summed E-state index contributed by atoms with van der Waals surface area (Å²) in [4.78, 5) is 50.2. The molecule has 0 amide bonds. The number of anilines is 2. The predicted molar refractivity (Wildman–Crippen MR) is 258 cm³/mol. The second-order valence-electron chi connectivity index (χ2n) is 16.0. The summed E-state index contributed by atoms with van der Waals surface area (Å²) in [5, 5.41) is 26.5. The highest BCUT2D eigenvalue weighted by Gasteiger charge is 2.44. The Morgan fingerprint density at radius 1 is 0.667 bits per heavy atom. The van der Waals surface area contributed by atoms with Crippen molar-refractivity contribution < 1.29 is 29.1 Å². The molecule has 2 N–H and O–H groups in total. The van der Waals surface area contributed by atoms with Gasteiger partial charge in [-0.15, -0.1) is 0 Å². The van der Waals surface area contributed by atoms with Gasteiger partial charge in [-0.05, 0) is 71.2 Å². The Bertz CT molecular complexity index is 2730.